The van der Waals surface area contributed by atoms with Gasteiger partial charge in [0.05, 0.1) is 10.9 Å². The summed E-state index contributed by atoms with van der Waals surface area (Å²) < 4.78 is 31.3. The van der Waals surface area contributed by atoms with E-state index in [1.807, 2.05) is 0 Å². The van der Waals surface area contributed by atoms with Crippen molar-refractivity contribution in [2.75, 3.05) is 11.4 Å². The summed E-state index contributed by atoms with van der Waals surface area (Å²) in [6, 6.07) is 0.471. The second-order valence-electron chi connectivity index (χ2n) is 6.79. The lowest BCUT2D eigenvalue weighted by Gasteiger charge is -2.46. The third kappa shape index (κ3) is 2.24. The number of fused-ring (bicyclic) bond motifs is 1. The van der Waals surface area contributed by atoms with Gasteiger partial charge in [-0.25, -0.2) is 13.6 Å². The molecule has 1 aromatic carbocycles. The Kier molecular flexibility index (Phi) is 3.37. The normalized spacial score (nSPS) is 23.0. The molecule has 132 valence electrons. The lowest BCUT2D eigenvalue weighted by molar-refractivity contribution is 0.0695. The highest BCUT2D eigenvalue weighted by Gasteiger charge is 2.38. The quantitative estimate of drug-likeness (QED) is 0.883. The maximum absolute atomic E-state index is 15.2. The molecule has 0 bridgehead atoms. The van der Waals surface area contributed by atoms with Crippen molar-refractivity contribution in [2.24, 2.45) is 5.73 Å². The van der Waals surface area contributed by atoms with Gasteiger partial charge in [0.25, 0.3) is 0 Å². The standard InChI is InChI=1S/C17H17F2N3O3/c1-7-12(20)6-21(7)15-11(18)4-9-14(13(15)19)22(8-2-3-8)5-10(16(9)23)17(24)25/h4-5,7-8,12H,2-3,6,20H2,1H3,(H,24,25)/t7-,12+/m0/s1. The second kappa shape index (κ2) is 5.26. The Morgan fingerprint density at radius 3 is 2.56 bits per heavy atom. The minimum atomic E-state index is -1.41. The van der Waals surface area contributed by atoms with Gasteiger partial charge in [-0.3, -0.25) is 4.79 Å². The molecule has 25 heavy (non-hydrogen) atoms. The second-order valence-corrected chi connectivity index (χ2v) is 6.79. The fourth-order valence-electron chi connectivity index (χ4n) is 3.42. The number of halogens is 2. The van der Waals surface area contributed by atoms with Crippen LogP contribution in [0.3, 0.4) is 0 Å². The molecule has 0 unspecified atom stereocenters. The molecule has 4 rings (SSSR count). The Bertz CT molecular complexity index is 968. The molecule has 2 aliphatic rings. The molecule has 0 amide bonds. The van der Waals surface area contributed by atoms with Gasteiger partial charge < -0.3 is 20.3 Å². The first-order valence-corrected chi connectivity index (χ1v) is 8.13. The molecular weight excluding hydrogens is 332 g/mol. The van der Waals surface area contributed by atoms with E-state index in [0.717, 1.165) is 18.9 Å². The van der Waals surface area contributed by atoms with Crippen LogP contribution in [-0.2, 0) is 0 Å². The topological polar surface area (TPSA) is 88.6 Å². The molecule has 0 spiro atoms. The summed E-state index contributed by atoms with van der Waals surface area (Å²) >= 11 is 0. The summed E-state index contributed by atoms with van der Waals surface area (Å²) in [6.45, 7) is 2.10. The van der Waals surface area contributed by atoms with E-state index < -0.39 is 28.6 Å². The number of nitrogens with two attached hydrogens (primary N) is 1. The molecule has 2 fully saturated rings. The fraction of sp³-hybridized carbons (Fsp3) is 0.412. The van der Waals surface area contributed by atoms with Crippen LogP contribution >= 0.6 is 0 Å². The largest absolute Gasteiger partial charge is 0.477 e. The lowest BCUT2D eigenvalue weighted by Crippen LogP contribution is -2.63. The van der Waals surface area contributed by atoms with Crippen molar-refractivity contribution in [2.45, 2.75) is 37.9 Å². The van der Waals surface area contributed by atoms with E-state index in [0.29, 0.717) is 6.54 Å². The minimum Gasteiger partial charge on any atom is -0.477 e. The Morgan fingerprint density at radius 2 is 2.04 bits per heavy atom. The van der Waals surface area contributed by atoms with Gasteiger partial charge >= 0.3 is 5.97 Å². The predicted octanol–water partition coefficient (Wildman–Crippen LogP) is 1.85. The van der Waals surface area contributed by atoms with Crippen LogP contribution in [0.15, 0.2) is 17.1 Å². The van der Waals surface area contributed by atoms with Crippen molar-refractivity contribution in [1.29, 1.82) is 0 Å². The van der Waals surface area contributed by atoms with Crippen LogP contribution < -0.4 is 16.1 Å². The van der Waals surface area contributed by atoms with Crippen LogP contribution in [0.1, 0.15) is 36.2 Å². The monoisotopic (exact) mass is 349 g/mol. The van der Waals surface area contributed by atoms with Gasteiger partial charge in [-0.1, -0.05) is 0 Å². The number of anilines is 1. The highest BCUT2D eigenvalue weighted by atomic mass is 19.1. The van der Waals surface area contributed by atoms with E-state index in [1.165, 1.54) is 15.7 Å². The van der Waals surface area contributed by atoms with Crippen molar-refractivity contribution >= 4 is 22.6 Å². The highest BCUT2D eigenvalue weighted by Crippen LogP contribution is 2.40. The summed E-state index contributed by atoms with van der Waals surface area (Å²) in [6.07, 6.45) is 2.68. The van der Waals surface area contributed by atoms with E-state index in [-0.39, 0.29) is 34.7 Å². The van der Waals surface area contributed by atoms with Gasteiger partial charge in [0.15, 0.2) is 5.82 Å². The van der Waals surface area contributed by atoms with Crippen molar-refractivity contribution in [3.05, 3.63) is 39.7 Å². The van der Waals surface area contributed by atoms with E-state index in [2.05, 4.69) is 0 Å². The first kappa shape index (κ1) is 16.0. The van der Waals surface area contributed by atoms with E-state index in [4.69, 9.17) is 5.73 Å². The maximum Gasteiger partial charge on any atom is 0.341 e. The highest BCUT2D eigenvalue weighted by molar-refractivity contribution is 5.94. The number of hydrogen-bond donors (Lipinski definition) is 2. The predicted molar refractivity (Wildman–Crippen MR) is 88.1 cm³/mol. The number of benzene rings is 1. The Hall–Kier alpha value is -2.48. The van der Waals surface area contributed by atoms with E-state index >= 15 is 4.39 Å². The average Bonchev–Trinajstić information content (AvgIpc) is 3.39. The SMILES string of the molecule is C[C@H]1[C@H](N)CN1c1c(F)cc2c(=O)c(C(=O)O)cn(C3CC3)c2c1F. The zero-order chi connectivity index (χ0) is 18.0. The molecule has 1 aliphatic carbocycles. The summed E-state index contributed by atoms with van der Waals surface area (Å²) in [5, 5.41) is 8.97. The third-order valence-electron chi connectivity index (χ3n) is 5.16. The first-order valence-electron chi connectivity index (χ1n) is 8.13. The lowest BCUT2D eigenvalue weighted by atomic mass is 9.97. The number of carboxylic acids is 1. The number of carboxylic acid groups (broad SMARTS) is 1. The van der Waals surface area contributed by atoms with E-state index in [9.17, 15) is 19.1 Å². The average molecular weight is 349 g/mol. The molecule has 1 aliphatic heterocycles. The van der Waals surface area contributed by atoms with Crippen molar-refractivity contribution in [1.82, 2.24) is 4.57 Å². The summed E-state index contributed by atoms with van der Waals surface area (Å²) in [5.74, 6) is -3.13. The number of hydrogen-bond acceptors (Lipinski definition) is 4. The zero-order valence-corrected chi connectivity index (χ0v) is 13.5. The fourth-order valence-corrected chi connectivity index (χ4v) is 3.42. The van der Waals surface area contributed by atoms with Crippen molar-refractivity contribution in [3.8, 4) is 0 Å². The molecule has 2 heterocycles. The van der Waals surface area contributed by atoms with Gasteiger partial charge in [-0.15, -0.1) is 0 Å². The third-order valence-corrected chi connectivity index (χ3v) is 5.16. The Morgan fingerprint density at radius 1 is 1.36 bits per heavy atom. The molecular formula is C17H17F2N3O3. The number of aromatic carboxylic acids is 1. The summed E-state index contributed by atoms with van der Waals surface area (Å²) in [4.78, 5) is 25.2. The van der Waals surface area contributed by atoms with Crippen LogP contribution in [0, 0.1) is 11.6 Å². The van der Waals surface area contributed by atoms with Crippen molar-refractivity contribution in [3.63, 3.8) is 0 Å². The first-order chi connectivity index (χ1) is 11.8. The van der Waals surface area contributed by atoms with Gasteiger partial charge in [0, 0.05) is 30.9 Å². The summed E-state index contributed by atoms with van der Waals surface area (Å²) in [7, 11) is 0. The molecule has 8 heteroatoms. The Labute approximate surface area is 141 Å². The molecule has 6 nitrogen and oxygen atoms in total. The van der Waals surface area contributed by atoms with Crippen LogP contribution in [0.4, 0.5) is 14.5 Å². The minimum absolute atomic E-state index is 0.0402. The number of aromatic nitrogens is 1. The molecule has 1 aromatic heterocycles. The molecule has 1 saturated heterocycles. The van der Waals surface area contributed by atoms with Gasteiger partial charge in [-0.2, -0.15) is 0 Å². The number of rotatable bonds is 3. The molecule has 3 N–H and O–H groups in total. The molecule has 2 aromatic rings. The van der Waals surface area contributed by atoms with Gasteiger partial charge in [0.1, 0.15) is 17.1 Å². The maximum atomic E-state index is 15.2. The zero-order valence-electron chi connectivity index (χ0n) is 13.5. The number of carbonyl (C=O) groups is 1. The van der Waals surface area contributed by atoms with Crippen molar-refractivity contribution < 1.29 is 18.7 Å². The van der Waals surface area contributed by atoms with E-state index in [1.54, 1.807) is 6.92 Å². The van der Waals surface area contributed by atoms with Crippen LogP contribution in [0.5, 0.6) is 0 Å². The van der Waals surface area contributed by atoms with Crippen LogP contribution in [-0.4, -0.2) is 34.3 Å². The summed E-state index contributed by atoms with van der Waals surface area (Å²) in [5.41, 5.74) is 4.21. The molecule has 0 radical (unpaired) electrons. The van der Waals surface area contributed by atoms with Gasteiger partial charge in [0.2, 0.25) is 5.43 Å². The number of pyridine rings is 1. The van der Waals surface area contributed by atoms with Gasteiger partial charge in [-0.05, 0) is 25.8 Å². The van der Waals surface area contributed by atoms with Crippen LogP contribution in [0.2, 0.25) is 0 Å². The van der Waals surface area contributed by atoms with Crippen LogP contribution in [0.25, 0.3) is 10.9 Å². The number of nitrogens with zero attached hydrogens (tertiary/aromatic N) is 2. The Balaban J connectivity index is 2.03. The smallest absolute Gasteiger partial charge is 0.341 e. The molecule has 2 atom stereocenters. The molecule has 1 saturated carbocycles.